The van der Waals surface area contributed by atoms with Gasteiger partial charge in [0.2, 0.25) is 0 Å². The lowest BCUT2D eigenvalue weighted by Gasteiger charge is -2.07. The van der Waals surface area contributed by atoms with Crippen LogP contribution in [0.25, 0.3) is 0 Å². The summed E-state index contributed by atoms with van der Waals surface area (Å²) >= 11 is 0. The Bertz CT molecular complexity index is 355. The van der Waals surface area contributed by atoms with Gasteiger partial charge in [-0.3, -0.25) is 4.79 Å². The Balaban J connectivity index is 1.93. The second-order valence-electron chi connectivity index (χ2n) is 4.78. The van der Waals surface area contributed by atoms with Crippen LogP contribution in [0, 0.1) is 0 Å². The predicted molar refractivity (Wildman–Crippen MR) is 81.5 cm³/mol. The predicted octanol–water partition coefficient (Wildman–Crippen LogP) is 2.10. The van der Waals surface area contributed by atoms with Crippen molar-refractivity contribution in [2.75, 3.05) is 26.2 Å². The van der Waals surface area contributed by atoms with Gasteiger partial charge in [0, 0.05) is 13.1 Å². The van der Waals surface area contributed by atoms with E-state index in [-0.39, 0.29) is 12.5 Å². The molecule has 4 heteroatoms. The zero-order valence-corrected chi connectivity index (χ0v) is 12.4. The Morgan fingerprint density at radius 2 is 1.80 bits per heavy atom. The van der Waals surface area contributed by atoms with Gasteiger partial charge in [0.05, 0.1) is 6.54 Å². The summed E-state index contributed by atoms with van der Waals surface area (Å²) < 4.78 is 5.17. The SMILES string of the molecule is CCCCCNCCNCC(=O)OCc1ccccc1. The highest BCUT2D eigenvalue weighted by atomic mass is 16.5. The Labute approximate surface area is 121 Å². The van der Waals surface area contributed by atoms with E-state index >= 15 is 0 Å². The van der Waals surface area contributed by atoms with Gasteiger partial charge >= 0.3 is 5.97 Å². The smallest absolute Gasteiger partial charge is 0.320 e. The fourth-order valence-corrected chi connectivity index (χ4v) is 1.78. The van der Waals surface area contributed by atoms with Crippen LogP contribution in [-0.4, -0.2) is 32.1 Å². The van der Waals surface area contributed by atoms with E-state index in [0.29, 0.717) is 6.61 Å². The van der Waals surface area contributed by atoms with Crippen molar-refractivity contribution in [1.29, 1.82) is 0 Å². The highest BCUT2D eigenvalue weighted by molar-refractivity contribution is 5.71. The molecule has 0 aliphatic carbocycles. The van der Waals surface area contributed by atoms with Crippen LogP contribution in [0.5, 0.6) is 0 Å². The monoisotopic (exact) mass is 278 g/mol. The van der Waals surface area contributed by atoms with Crippen LogP contribution in [0.2, 0.25) is 0 Å². The summed E-state index contributed by atoms with van der Waals surface area (Å²) in [6.07, 6.45) is 3.73. The maximum Gasteiger partial charge on any atom is 0.320 e. The zero-order valence-electron chi connectivity index (χ0n) is 12.4. The minimum Gasteiger partial charge on any atom is -0.460 e. The Morgan fingerprint density at radius 1 is 1.05 bits per heavy atom. The lowest BCUT2D eigenvalue weighted by Crippen LogP contribution is -2.32. The topological polar surface area (TPSA) is 50.4 Å². The molecule has 112 valence electrons. The number of carbonyl (C=O) groups excluding carboxylic acids is 1. The highest BCUT2D eigenvalue weighted by Gasteiger charge is 2.02. The lowest BCUT2D eigenvalue weighted by atomic mass is 10.2. The molecule has 2 N–H and O–H groups in total. The van der Waals surface area contributed by atoms with Gasteiger partial charge in [-0.2, -0.15) is 0 Å². The molecule has 0 spiro atoms. The number of ether oxygens (including phenoxy) is 1. The second kappa shape index (κ2) is 11.4. The van der Waals surface area contributed by atoms with E-state index in [1.807, 2.05) is 30.3 Å². The van der Waals surface area contributed by atoms with E-state index in [1.165, 1.54) is 19.3 Å². The Hall–Kier alpha value is -1.39. The van der Waals surface area contributed by atoms with Crippen LogP contribution in [0.3, 0.4) is 0 Å². The third-order valence-electron chi connectivity index (χ3n) is 2.95. The third-order valence-corrected chi connectivity index (χ3v) is 2.95. The minimum atomic E-state index is -0.208. The van der Waals surface area contributed by atoms with Gasteiger partial charge in [0.25, 0.3) is 0 Å². The standard InChI is InChI=1S/C16H26N2O2/c1-2-3-7-10-17-11-12-18-13-16(19)20-14-15-8-5-4-6-9-15/h4-6,8-9,17-18H,2-3,7,10-14H2,1H3. The maximum atomic E-state index is 11.5. The van der Waals surface area contributed by atoms with Crippen LogP contribution in [0.15, 0.2) is 30.3 Å². The highest BCUT2D eigenvalue weighted by Crippen LogP contribution is 2.00. The van der Waals surface area contributed by atoms with Crippen molar-refractivity contribution in [2.24, 2.45) is 0 Å². The minimum absolute atomic E-state index is 0.208. The third kappa shape index (κ3) is 8.67. The van der Waals surface area contributed by atoms with E-state index in [4.69, 9.17) is 4.74 Å². The van der Waals surface area contributed by atoms with Gasteiger partial charge in [0.1, 0.15) is 6.61 Å². The summed E-state index contributed by atoms with van der Waals surface area (Å²) in [4.78, 5) is 11.5. The van der Waals surface area contributed by atoms with E-state index in [2.05, 4.69) is 17.6 Å². The molecule has 0 heterocycles. The summed E-state index contributed by atoms with van der Waals surface area (Å²) in [6.45, 7) is 5.53. The van der Waals surface area contributed by atoms with Crippen molar-refractivity contribution in [3.05, 3.63) is 35.9 Å². The molecule has 20 heavy (non-hydrogen) atoms. The zero-order chi connectivity index (χ0) is 14.5. The molecular formula is C16H26N2O2. The molecule has 0 saturated carbocycles. The molecular weight excluding hydrogens is 252 g/mol. The quantitative estimate of drug-likeness (QED) is 0.481. The summed E-state index contributed by atoms with van der Waals surface area (Å²) in [5.74, 6) is -0.208. The van der Waals surface area contributed by atoms with E-state index < -0.39 is 0 Å². The number of esters is 1. The first kappa shape index (κ1) is 16.7. The number of hydrogen-bond donors (Lipinski definition) is 2. The largest absolute Gasteiger partial charge is 0.460 e. The Kier molecular flexibility index (Phi) is 9.53. The molecule has 0 aromatic heterocycles. The summed E-state index contributed by atoms with van der Waals surface area (Å²) in [7, 11) is 0. The number of benzene rings is 1. The molecule has 1 aromatic rings. The van der Waals surface area contributed by atoms with Crippen LogP contribution < -0.4 is 10.6 Å². The molecule has 0 fully saturated rings. The second-order valence-corrected chi connectivity index (χ2v) is 4.78. The fraction of sp³-hybridized carbons (Fsp3) is 0.562. The van der Waals surface area contributed by atoms with Gasteiger partial charge in [0.15, 0.2) is 0 Å². The summed E-state index contributed by atoms with van der Waals surface area (Å²) in [5.41, 5.74) is 1.01. The molecule has 1 aromatic carbocycles. The van der Waals surface area contributed by atoms with Crippen molar-refractivity contribution in [1.82, 2.24) is 10.6 Å². The molecule has 0 bridgehead atoms. The Morgan fingerprint density at radius 3 is 2.55 bits per heavy atom. The summed E-state index contributed by atoms with van der Waals surface area (Å²) in [6, 6.07) is 9.71. The fourth-order valence-electron chi connectivity index (χ4n) is 1.78. The normalized spacial score (nSPS) is 10.4. The lowest BCUT2D eigenvalue weighted by molar-refractivity contribution is -0.143. The molecule has 0 saturated heterocycles. The van der Waals surface area contributed by atoms with Crippen molar-refractivity contribution in [3.63, 3.8) is 0 Å². The molecule has 0 unspecified atom stereocenters. The number of nitrogens with one attached hydrogen (secondary N) is 2. The van der Waals surface area contributed by atoms with Crippen LogP contribution in [0.4, 0.5) is 0 Å². The number of unbranched alkanes of at least 4 members (excludes halogenated alkanes) is 2. The van der Waals surface area contributed by atoms with Gasteiger partial charge in [-0.05, 0) is 18.5 Å². The molecule has 4 nitrogen and oxygen atoms in total. The first-order chi connectivity index (χ1) is 9.83. The first-order valence-corrected chi connectivity index (χ1v) is 7.44. The van der Waals surface area contributed by atoms with E-state index in [1.54, 1.807) is 0 Å². The number of rotatable bonds is 11. The van der Waals surface area contributed by atoms with Gasteiger partial charge < -0.3 is 15.4 Å². The van der Waals surface area contributed by atoms with Gasteiger partial charge in [-0.1, -0.05) is 50.1 Å². The van der Waals surface area contributed by atoms with Gasteiger partial charge in [-0.25, -0.2) is 0 Å². The van der Waals surface area contributed by atoms with Gasteiger partial charge in [-0.15, -0.1) is 0 Å². The summed E-state index contributed by atoms with van der Waals surface area (Å²) in [5, 5.41) is 6.41. The molecule has 1 rings (SSSR count). The van der Waals surface area contributed by atoms with Crippen molar-refractivity contribution < 1.29 is 9.53 Å². The van der Waals surface area contributed by atoms with Crippen LogP contribution in [-0.2, 0) is 16.1 Å². The number of hydrogen-bond acceptors (Lipinski definition) is 4. The number of carbonyl (C=O) groups is 1. The maximum absolute atomic E-state index is 11.5. The van der Waals surface area contributed by atoms with Crippen molar-refractivity contribution in [3.8, 4) is 0 Å². The van der Waals surface area contributed by atoms with Crippen molar-refractivity contribution in [2.45, 2.75) is 32.8 Å². The van der Waals surface area contributed by atoms with Crippen LogP contribution in [0.1, 0.15) is 31.7 Å². The molecule has 0 radical (unpaired) electrons. The van der Waals surface area contributed by atoms with E-state index in [9.17, 15) is 4.79 Å². The molecule has 0 aliphatic heterocycles. The van der Waals surface area contributed by atoms with Crippen molar-refractivity contribution >= 4 is 5.97 Å². The first-order valence-electron chi connectivity index (χ1n) is 7.44. The molecule has 0 amide bonds. The van der Waals surface area contributed by atoms with Crippen LogP contribution >= 0.6 is 0 Å². The molecule has 0 aliphatic rings. The van der Waals surface area contributed by atoms with E-state index in [0.717, 1.165) is 25.2 Å². The average Bonchev–Trinajstić information content (AvgIpc) is 2.49. The molecule has 0 atom stereocenters. The average molecular weight is 278 g/mol.